The zero-order valence-electron chi connectivity index (χ0n) is 21.0. The third-order valence-electron chi connectivity index (χ3n) is 5.44. The molecule has 0 heterocycles. The first kappa shape index (κ1) is 28.8. The Morgan fingerprint density at radius 1 is 0.974 bits per heavy atom. The maximum atomic E-state index is 14.0. The van der Waals surface area contributed by atoms with Crippen LogP contribution in [0, 0.1) is 17.8 Å². The van der Waals surface area contributed by atoms with Gasteiger partial charge >= 0.3 is 6.18 Å². The van der Waals surface area contributed by atoms with Crippen molar-refractivity contribution < 1.29 is 31.5 Å². The molecule has 0 bridgehead atoms. The van der Waals surface area contributed by atoms with E-state index < -0.39 is 27.4 Å². The SMILES string of the molecule is CC(=O)Nc1ccc(C#CC(O)(c2ccc(N(CC(C)C)S(=O)(=O)c3ccccc3)cc2)C(F)(F)F)cc1. The Labute approximate surface area is 220 Å². The lowest BCUT2D eigenvalue weighted by Crippen LogP contribution is -2.41. The highest BCUT2D eigenvalue weighted by Crippen LogP contribution is 2.39. The summed E-state index contributed by atoms with van der Waals surface area (Å²) >= 11 is 0. The first-order valence-corrected chi connectivity index (χ1v) is 13.1. The van der Waals surface area contributed by atoms with Gasteiger partial charge in [-0.25, -0.2) is 8.42 Å². The number of halogens is 3. The summed E-state index contributed by atoms with van der Waals surface area (Å²) in [6.07, 6.45) is -5.15. The van der Waals surface area contributed by atoms with E-state index in [1.165, 1.54) is 55.5 Å². The molecule has 3 rings (SSSR count). The van der Waals surface area contributed by atoms with Gasteiger partial charge in [-0.15, -0.1) is 0 Å². The number of hydrogen-bond donors (Lipinski definition) is 2. The van der Waals surface area contributed by atoms with E-state index in [-0.39, 0.29) is 34.5 Å². The average molecular weight is 545 g/mol. The topological polar surface area (TPSA) is 86.7 Å². The summed E-state index contributed by atoms with van der Waals surface area (Å²) in [5.41, 5.74) is -3.28. The van der Waals surface area contributed by atoms with Crippen LogP contribution in [0.25, 0.3) is 0 Å². The van der Waals surface area contributed by atoms with Gasteiger partial charge in [0.15, 0.2) is 0 Å². The Kier molecular flexibility index (Phi) is 8.54. The van der Waals surface area contributed by atoms with Crippen molar-refractivity contribution >= 4 is 27.3 Å². The van der Waals surface area contributed by atoms with Crippen LogP contribution in [0.2, 0.25) is 0 Å². The highest BCUT2D eigenvalue weighted by Gasteiger charge is 2.54. The van der Waals surface area contributed by atoms with Gasteiger partial charge in [0.25, 0.3) is 10.0 Å². The van der Waals surface area contributed by atoms with E-state index in [0.717, 1.165) is 16.4 Å². The van der Waals surface area contributed by atoms with Gasteiger partial charge in [-0.2, -0.15) is 13.2 Å². The number of alkyl halides is 3. The summed E-state index contributed by atoms with van der Waals surface area (Å²) in [5.74, 6) is 3.88. The van der Waals surface area contributed by atoms with Crippen molar-refractivity contribution in [1.29, 1.82) is 0 Å². The van der Waals surface area contributed by atoms with Crippen molar-refractivity contribution in [3.63, 3.8) is 0 Å². The van der Waals surface area contributed by atoms with Crippen LogP contribution in [-0.2, 0) is 20.4 Å². The number of benzene rings is 3. The molecule has 1 unspecified atom stereocenters. The van der Waals surface area contributed by atoms with E-state index in [1.54, 1.807) is 18.2 Å². The lowest BCUT2D eigenvalue weighted by Gasteiger charge is -2.28. The molecule has 3 aromatic rings. The Bertz CT molecular complexity index is 1430. The van der Waals surface area contributed by atoms with E-state index in [1.807, 2.05) is 19.8 Å². The number of carbonyl (C=O) groups is 1. The van der Waals surface area contributed by atoms with Crippen molar-refractivity contribution in [1.82, 2.24) is 0 Å². The molecule has 0 saturated carbocycles. The maximum Gasteiger partial charge on any atom is 0.433 e. The highest BCUT2D eigenvalue weighted by atomic mass is 32.2. The monoisotopic (exact) mass is 544 g/mol. The molecule has 0 aromatic heterocycles. The van der Waals surface area contributed by atoms with Crippen LogP contribution >= 0.6 is 0 Å². The lowest BCUT2D eigenvalue weighted by atomic mass is 9.93. The third kappa shape index (κ3) is 6.54. The summed E-state index contributed by atoms with van der Waals surface area (Å²) in [7, 11) is -3.99. The number of nitrogens with one attached hydrogen (secondary N) is 1. The van der Waals surface area contributed by atoms with Crippen LogP contribution in [0.4, 0.5) is 24.5 Å². The Morgan fingerprint density at radius 2 is 1.55 bits per heavy atom. The highest BCUT2D eigenvalue weighted by molar-refractivity contribution is 7.92. The largest absolute Gasteiger partial charge is 0.433 e. The molecule has 0 aliphatic heterocycles. The number of rotatable bonds is 7. The lowest BCUT2D eigenvalue weighted by molar-refractivity contribution is -0.240. The third-order valence-corrected chi connectivity index (χ3v) is 7.25. The second-order valence-corrected chi connectivity index (χ2v) is 10.9. The van der Waals surface area contributed by atoms with Gasteiger partial charge in [-0.3, -0.25) is 9.10 Å². The fourth-order valence-corrected chi connectivity index (χ4v) is 5.22. The van der Waals surface area contributed by atoms with Crippen LogP contribution in [0.15, 0.2) is 83.8 Å². The minimum atomic E-state index is -5.15. The molecule has 1 atom stereocenters. The number of hydrogen-bond acceptors (Lipinski definition) is 4. The molecule has 38 heavy (non-hydrogen) atoms. The first-order valence-electron chi connectivity index (χ1n) is 11.6. The average Bonchev–Trinajstić information content (AvgIpc) is 2.86. The zero-order chi connectivity index (χ0) is 28.1. The van der Waals surface area contributed by atoms with Gasteiger partial charge in [-0.05, 0) is 60.4 Å². The van der Waals surface area contributed by atoms with Crippen LogP contribution in [0.3, 0.4) is 0 Å². The molecule has 10 heteroatoms. The number of carbonyl (C=O) groups excluding carboxylic acids is 1. The van der Waals surface area contributed by atoms with Crippen molar-refractivity contribution in [2.75, 3.05) is 16.2 Å². The quantitative estimate of drug-likeness (QED) is 0.396. The van der Waals surface area contributed by atoms with E-state index in [2.05, 4.69) is 11.2 Å². The Morgan fingerprint density at radius 3 is 2.05 bits per heavy atom. The van der Waals surface area contributed by atoms with Gasteiger partial charge in [0, 0.05) is 30.3 Å². The molecular weight excluding hydrogens is 517 g/mol. The van der Waals surface area contributed by atoms with E-state index in [9.17, 15) is 31.5 Å². The molecule has 0 saturated heterocycles. The standard InChI is InChI=1S/C28H27F3N2O4S/c1-20(2)19-33(38(36,37)26-7-5-4-6-8-26)25-15-11-23(12-16-25)27(35,28(29,30)31)18-17-22-9-13-24(14-10-22)32-21(3)34/h4-16,20,35H,19H2,1-3H3,(H,32,34). The van der Waals surface area contributed by atoms with Crippen LogP contribution in [-0.4, -0.2) is 32.2 Å². The second-order valence-electron chi connectivity index (χ2n) is 9.01. The zero-order valence-corrected chi connectivity index (χ0v) is 21.8. The van der Waals surface area contributed by atoms with Crippen molar-refractivity contribution in [3.05, 3.63) is 90.0 Å². The summed E-state index contributed by atoms with van der Waals surface area (Å²) in [5, 5.41) is 13.2. The molecule has 1 amide bonds. The molecular formula is C28H27F3N2O4S. The second kappa shape index (κ2) is 11.3. The van der Waals surface area contributed by atoms with Gasteiger partial charge in [0.2, 0.25) is 11.5 Å². The Balaban J connectivity index is 1.99. The van der Waals surface area contributed by atoms with Crippen LogP contribution in [0.1, 0.15) is 31.9 Å². The van der Waals surface area contributed by atoms with Crippen molar-refractivity contribution in [3.8, 4) is 11.8 Å². The summed E-state index contributed by atoms with van der Waals surface area (Å²) in [6, 6.07) is 18.0. The van der Waals surface area contributed by atoms with E-state index in [0.29, 0.717) is 5.69 Å². The number of nitrogens with zero attached hydrogens (tertiary/aromatic N) is 1. The van der Waals surface area contributed by atoms with Crippen LogP contribution < -0.4 is 9.62 Å². The van der Waals surface area contributed by atoms with Crippen molar-refractivity contribution in [2.24, 2.45) is 5.92 Å². The van der Waals surface area contributed by atoms with E-state index in [4.69, 9.17) is 0 Å². The minimum Gasteiger partial charge on any atom is -0.366 e. The molecule has 0 fully saturated rings. The molecule has 0 aliphatic carbocycles. The van der Waals surface area contributed by atoms with Gasteiger partial charge < -0.3 is 10.4 Å². The predicted octanol–water partition coefficient (Wildman–Crippen LogP) is 5.30. The smallest absolute Gasteiger partial charge is 0.366 e. The Hall–Kier alpha value is -3.81. The molecule has 200 valence electrons. The summed E-state index contributed by atoms with van der Waals surface area (Å²) < 4.78 is 69.8. The normalized spacial score (nSPS) is 13.3. The van der Waals surface area contributed by atoms with Crippen LogP contribution in [0.5, 0.6) is 0 Å². The summed E-state index contributed by atoms with van der Waals surface area (Å²) in [4.78, 5) is 11.2. The van der Waals surface area contributed by atoms with Crippen molar-refractivity contribution in [2.45, 2.75) is 37.4 Å². The molecule has 6 nitrogen and oxygen atoms in total. The van der Waals surface area contributed by atoms with Gasteiger partial charge in [0.1, 0.15) is 0 Å². The fourth-order valence-electron chi connectivity index (χ4n) is 3.57. The maximum absolute atomic E-state index is 14.0. The predicted molar refractivity (Wildman–Crippen MR) is 140 cm³/mol. The number of sulfonamides is 1. The number of aliphatic hydroxyl groups is 1. The number of amides is 1. The first-order chi connectivity index (χ1) is 17.7. The van der Waals surface area contributed by atoms with Gasteiger partial charge in [0.05, 0.1) is 10.6 Å². The fraction of sp³-hybridized carbons (Fsp3) is 0.250. The number of anilines is 2. The molecule has 0 spiro atoms. The molecule has 3 aromatic carbocycles. The molecule has 2 N–H and O–H groups in total. The minimum absolute atomic E-state index is 0.0481. The van der Waals surface area contributed by atoms with E-state index >= 15 is 0 Å². The molecule has 0 aliphatic rings. The van der Waals surface area contributed by atoms with Gasteiger partial charge in [-0.1, -0.05) is 50.1 Å². The molecule has 0 radical (unpaired) electrons. The summed E-state index contributed by atoms with van der Waals surface area (Å²) in [6.45, 7) is 5.06.